The normalized spacial score (nSPS) is 12.0. The van der Waals surface area contributed by atoms with Crippen molar-refractivity contribution >= 4 is 75.9 Å². The number of ether oxygens (including phenoxy) is 3. The SMILES string of the molecule is CC(C)CC(=O)Cl.CC(C)CN.CC(C)N.COC(=O)c1ccc(N)cc1.NCc1ccccc1.Nc1ccccc1.O=C1CCC(=O)O1.O=C1OC(=O)c2ccccc21.O=C=NC1CCCC1.O=C=Nc1ccccc1. The Balaban J connectivity index is 0. The van der Waals surface area contributed by atoms with Gasteiger partial charge >= 0.3 is 29.8 Å². The van der Waals surface area contributed by atoms with Crippen LogP contribution in [0.1, 0.15) is 123 Å². The molecule has 0 bridgehead atoms. The van der Waals surface area contributed by atoms with Gasteiger partial charge in [0, 0.05) is 24.3 Å². The fourth-order valence-corrected chi connectivity index (χ4v) is 5.56. The highest BCUT2D eigenvalue weighted by Gasteiger charge is 2.28. The van der Waals surface area contributed by atoms with Crippen molar-refractivity contribution in [2.24, 2.45) is 39.0 Å². The van der Waals surface area contributed by atoms with Crippen molar-refractivity contribution in [1.82, 2.24) is 0 Å². The van der Waals surface area contributed by atoms with Crippen LogP contribution in [0.15, 0.2) is 150 Å². The largest absolute Gasteiger partial charge is 0.465 e. The number of isocyanates is 2. The van der Waals surface area contributed by atoms with Gasteiger partial charge in [-0.1, -0.05) is 133 Å². The summed E-state index contributed by atoms with van der Waals surface area (Å²) in [6.45, 7) is 13.4. The number of aliphatic imine (C=N–C) groups is 2. The second kappa shape index (κ2) is 45.4. The number of nitrogens with zero attached hydrogens (tertiary/aromatic N) is 2. The molecule has 0 unspecified atom stereocenters. The Morgan fingerprint density at radius 3 is 1.35 bits per heavy atom. The molecule has 416 valence electrons. The van der Waals surface area contributed by atoms with Crippen LogP contribution in [0, 0.1) is 11.8 Å². The first-order valence-corrected chi connectivity index (χ1v) is 24.9. The van der Waals surface area contributed by atoms with Crippen LogP contribution < -0.4 is 28.7 Å². The molecule has 1 aliphatic carbocycles. The van der Waals surface area contributed by atoms with Crippen LogP contribution in [0.25, 0.3) is 0 Å². The summed E-state index contributed by atoms with van der Waals surface area (Å²) in [5.41, 5.74) is 30.9. The predicted octanol–water partition coefficient (Wildman–Crippen LogP) is 9.99. The minimum absolute atomic E-state index is 0.241. The average molecular weight is 1080 g/mol. The van der Waals surface area contributed by atoms with Gasteiger partial charge in [0.15, 0.2) is 0 Å². The van der Waals surface area contributed by atoms with E-state index in [9.17, 15) is 38.4 Å². The van der Waals surface area contributed by atoms with E-state index in [1.807, 2.05) is 107 Å². The lowest BCUT2D eigenvalue weighted by Crippen LogP contribution is -2.06. The van der Waals surface area contributed by atoms with Crippen molar-refractivity contribution in [2.75, 3.05) is 25.1 Å². The predicted molar refractivity (Wildman–Crippen MR) is 302 cm³/mol. The molecule has 0 amide bonds. The van der Waals surface area contributed by atoms with Crippen molar-refractivity contribution in [3.05, 3.63) is 162 Å². The third-order valence-corrected chi connectivity index (χ3v) is 9.21. The molecule has 77 heavy (non-hydrogen) atoms. The van der Waals surface area contributed by atoms with Crippen LogP contribution in [-0.4, -0.2) is 73.0 Å². The van der Waals surface area contributed by atoms with Gasteiger partial charge in [0.05, 0.1) is 48.4 Å². The zero-order valence-electron chi connectivity index (χ0n) is 45.1. The van der Waals surface area contributed by atoms with Gasteiger partial charge < -0.3 is 42.9 Å². The van der Waals surface area contributed by atoms with Crippen molar-refractivity contribution in [3.63, 3.8) is 0 Å². The second-order valence-electron chi connectivity index (χ2n) is 17.3. The molecule has 18 nitrogen and oxygen atoms in total. The smallest absolute Gasteiger partial charge is 0.346 e. The lowest BCUT2D eigenvalue weighted by molar-refractivity contribution is -0.152. The summed E-state index contributed by atoms with van der Waals surface area (Å²) >= 11 is 5.03. The van der Waals surface area contributed by atoms with E-state index >= 15 is 0 Å². The van der Waals surface area contributed by atoms with Gasteiger partial charge in [0.2, 0.25) is 17.4 Å². The quantitative estimate of drug-likeness (QED) is 0.0192. The first-order valence-electron chi connectivity index (χ1n) is 24.5. The lowest BCUT2D eigenvalue weighted by Gasteiger charge is -1.97. The molecule has 2 aliphatic heterocycles. The summed E-state index contributed by atoms with van der Waals surface area (Å²) in [6, 6.07) is 42.2. The van der Waals surface area contributed by atoms with E-state index < -0.39 is 23.9 Å². The Hall–Kier alpha value is -7.95. The number of hydrogen-bond donors (Lipinski definition) is 5. The molecule has 1 saturated carbocycles. The summed E-state index contributed by atoms with van der Waals surface area (Å²) in [7, 11) is 1.35. The van der Waals surface area contributed by atoms with Crippen molar-refractivity contribution < 1.29 is 52.6 Å². The van der Waals surface area contributed by atoms with Crippen molar-refractivity contribution in [2.45, 2.75) is 105 Å². The third kappa shape index (κ3) is 41.0. The Morgan fingerprint density at radius 1 is 0.636 bits per heavy atom. The molecule has 0 spiro atoms. The number of benzene rings is 5. The number of carbonyl (C=O) groups is 6. The molecule has 2 fully saturated rings. The number of cyclic esters (lactones) is 4. The van der Waals surface area contributed by atoms with Crippen LogP contribution in [0.5, 0.6) is 0 Å². The molecule has 0 atom stereocenters. The molecule has 1 saturated heterocycles. The number of carbonyl (C=O) groups excluding carboxylic acids is 8. The van der Waals surface area contributed by atoms with E-state index in [0.717, 1.165) is 25.1 Å². The Morgan fingerprint density at radius 2 is 1.05 bits per heavy atom. The molecule has 8 rings (SSSR count). The van der Waals surface area contributed by atoms with Gasteiger partial charge in [-0.3, -0.25) is 14.4 Å². The molecule has 3 aliphatic rings. The van der Waals surface area contributed by atoms with E-state index in [2.05, 4.69) is 38.0 Å². The van der Waals surface area contributed by atoms with Crippen LogP contribution in [0.2, 0.25) is 0 Å². The number of anilines is 2. The first kappa shape index (κ1) is 71.1. The number of fused-ring (bicyclic) bond motifs is 1. The summed E-state index contributed by atoms with van der Waals surface area (Å²) in [5, 5.41) is -0.241. The number of rotatable bonds is 7. The number of hydrogen-bond acceptors (Lipinski definition) is 18. The number of nitrogens with two attached hydrogens (primary N) is 5. The average Bonchev–Trinajstić information content (AvgIpc) is 4.15. The molecule has 0 aromatic heterocycles. The van der Waals surface area contributed by atoms with Crippen LogP contribution in [0.3, 0.4) is 0 Å². The molecule has 5 aromatic rings. The van der Waals surface area contributed by atoms with Gasteiger partial charge in [0.25, 0.3) is 0 Å². The van der Waals surface area contributed by atoms with Crippen molar-refractivity contribution in [3.8, 4) is 0 Å². The highest BCUT2D eigenvalue weighted by Crippen LogP contribution is 2.20. The maximum absolute atomic E-state index is 10.9. The minimum Gasteiger partial charge on any atom is -0.465 e. The Bertz CT molecular complexity index is 2470. The lowest BCUT2D eigenvalue weighted by atomic mass is 10.1. The summed E-state index contributed by atoms with van der Waals surface area (Å²) in [6.07, 6.45) is 8.71. The highest BCUT2D eigenvalue weighted by atomic mass is 35.5. The second-order valence-corrected chi connectivity index (χ2v) is 17.7. The number of methoxy groups -OCH3 is 1. The fraction of sp³-hybridized carbons (Fsp3) is 0.345. The molecular formula is C58H76ClN7O11. The molecular weight excluding hydrogens is 1010 g/mol. The third-order valence-electron chi connectivity index (χ3n) is 9.05. The standard InChI is InChI=1S/C8H9NO2.C8H4O3.C7H5NO.C7H9N.C6H9NO.C6H7N.C5H9ClO.C4H11N.C4H4O3.C3H9N/c1-11-8(10)6-2-4-7(9)5-3-6;9-7-5-3-1-2-4-6(5)8(10)11-7;9-6-8-7-4-2-1-3-5-7;8-6-7-4-2-1-3-5-7;8-5-7-6-3-1-2-4-6;7-6-4-2-1-3-5-6;1-4(2)3-5(6)7;1-4(2)3-5;5-3-1-2-4(6)7-3;1-3(2)4/h2-5H,9H2,1H3;1-4H;1-5H;1-5H,6,8H2;6H,1-4H2;1-5H,7H2;4H,3H2,1-2H3;4H,3,5H2,1-2H3;1-2H2;3H,4H2,1-2H3. The van der Waals surface area contributed by atoms with Gasteiger partial charge in [0.1, 0.15) is 0 Å². The summed E-state index contributed by atoms with van der Waals surface area (Å²) < 4.78 is 12.9. The zero-order chi connectivity index (χ0) is 58.4. The minimum atomic E-state index is -0.550. The molecule has 19 heteroatoms. The molecule has 5 aromatic carbocycles. The zero-order valence-corrected chi connectivity index (χ0v) is 45.9. The van der Waals surface area contributed by atoms with Crippen LogP contribution in [-0.2, 0) is 44.7 Å². The number of halogens is 1. The van der Waals surface area contributed by atoms with E-state index in [1.165, 1.54) is 31.6 Å². The van der Waals surface area contributed by atoms with Crippen LogP contribution in [0.4, 0.5) is 17.1 Å². The molecule has 2 heterocycles. The fourth-order valence-electron chi connectivity index (χ4n) is 5.25. The maximum Gasteiger partial charge on any atom is 0.346 e. The topological polar surface area (TPSA) is 319 Å². The van der Waals surface area contributed by atoms with Crippen molar-refractivity contribution in [1.29, 1.82) is 0 Å². The maximum atomic E-state index is 10.9. The first-order chi connectivity index (χ1) is 36.6. The number of esters is 5. The van der Waals surface area contributed by atoms with Crippen LogP contribution >= 0.6 is 11.6 Å². The van der Waals surface area contributed by atoms with E-state index in [4.69, 9.17) is 40.3 Å². The monoisotopic (exact) mass is 1080 g/mol. The van der Waals surface area contributed by atoms with E-state index in [-0.39, 0.29) is 24.1 Å². The van der Waals surface area contributed by atoms with Gasteiger partial charge in [-0.15, -0.1) is 0 Å². The summed E-state index contributed by atoms with van der Waals surface area (Å²) in [4.78, 5) is 88.9. The Labute approximate surface area is 457 Å². The summed E-state index contributed by atoms with van der Waals surface area (Å²) in [5.74, 6) is -1.18. The van der Waals surface area contributed by atoms with Gasteiger partial charge in [-0.2, -0.15) is 4.99 Å². The number of para-hydroxylation sites is 2. The Kier molecular flexibility index (Phi) is 42.0. The van der Waals surface area contributed by atoms with E-state index in [0.29, 0.717) is 65.0 Å². The van der Waals surface area contributed by atoms with Gasteiger partial charge in [-0.25, -0.2) is 29.0 Å². The van der Waals surface area contributed by atoms with E-state index in [1.54, 1.807) is 66.7 Å². The highest BCUT2D eigenvalue weighted by molar-refractivity contribution is 6.63. The number of nitrogen functional groups attached to an aromatic ring is 2. The molecule has 10 N–H and O–H groups in total. The van der Waals surface area contributed by atoms with Gasteiger partial charge in [-0.05, 0) is 115 Å². The molecule has 0 radical (unpaired) electrons.